The summed E-state index contributed by atoms with van der Waals surface area (Å²) in [6.07, 6.45) is -0.609. The summed E-state index contributed by atoms with van der Waals surface area (Å²) in [5.74, 6) is -0.252. The molecule has 5 nitrogen and oxygen atoms in total. The standard InChI is InChI=1S/C16H18N2O3S/c1-12(14-8-5-9-22-14)18-15(19)10-17-16(20)21-11-13-6-3-2-4-7-13/h2-9,12H,10-11H2,1H3,(H,17,20)(H,18,19)/t12-/m1/s1. The molecule has 2 aromatic rings. The number of amides is 2. The quantitative estimate of drug-likeness (QED) is 0.860. The van der Waals surface area contributed by atoms with Crippen LogP contribution < -0.4 is 10.6 Å². The van der Waals surface area contributed by atoms with Gasteiger partial charge in [-0.05, 0) is 23.9 Å². The van der Waals surface area contributed by atoms with Gasteiger partial charge in [0.2, 0.25) is 5.91 Å². The number of benzene rings is 1. The molecule has 2 N–H and O–H groups in total. The van der Waals surface area contributed by atoms with Crippen molar-refractivity contribution in [2.24, 2.45) is 0 Å². The third-order valence-corrected chi connectivity index (χ3v) is 4.01. The molecule has 0 saturated carbocycles. The first-order chi connectivity index (χ1) is 10.6. The molecule has 0 saturated heterocycles. The van der Waals surface area contributed by atoms with Crippen LogP contribution in [0.4, 0.5) is 4.79 Å². The Morgan fingerprint density at radius 3 is 2.64 bits per heavy atom. The van der Waals surface area contributed by atoms with E-state index in [4.69, 9.17) is 4.74 Å². The van der Waals surface area contributed by atoms with Gasteiger partial charge >= 0.3 is 6.09 Å². The molecule has 6 heteroatoms. The fraction of sp³-hybridized carbons (Fsp3) is 0.250. The third kappa shape index (κ3) is 5.21. The number of carbonyl (C=O) groups is 2. The molecule has 1 atom stereocenters. The number of rotatable bonds is 6. The molecule has 0 aliphatic heterocycles. The van der Waals surface area contributed by atoms with Crippen LogP contribution in [0.1, 0.15) is 23.4 Å². The molecule has 22 heavy (non-hydrogen) atoms. The number of alkyl carbamates (subject to hydrolysis) is 1. The van der Waals surface area contributed by atoms with E-state index in [9.17, 15) is 9.59 Å². The van der Waals surface area contributed by atoms with Crippen LogP contribution in [-0.4, -0.2) is 18.5 Å². The van der Waals surface area contributed by atoms with Gasteiger partial charge in [0.25, 0.3) is 0 Å². The molecule has 0 radical (unpaired) electrons. The molecular formula is C16H18N2O3S. The molecule has 1 heterocycles. The lowest BCUT2D eigenvalue weighted by Gasteiger charge is -2.12. The summed E-state index contributed by atoms with van der Waals surface area (Å²) in [4.78, 5) is 24.3. The summed E-state index contributed by atoms with van der Waals surface area (Å²) in [7, 11) is 0. The number of hydrogen-bond acceptors (Lipinski definition) is 4. The summed E-state index contributed by atoms with van der Waals surface area (Å²) in [6.45, 7) is 1.97. The Hall–Kier alpha value is -2.34. The van der Waals surface area contributed by atoms with E-state index < -0.39 is 6.09 Å². The van der Waals surface area contributed by atoms with E-state index in [1.54, 1.807) is 11.3 Å². The zero-order valence-corrected chi connectivity index (χ0v) is 13.1. The van der Waals surface area contributed by atoms with Crippen molar-refractivity contribution in [2.75, 3.05) is 6.54 Å². The predicted molar refractivity (Wildman–Crippen MR) is 85.5 cm³/mol. The molecule has 0 fully saturated rings. The smallest absolute Gasteiger partial charge is 0.407 e. The molecule has 1 aromatic heterocycles. The second-order valence-electron chi connectivity index (χ2n) is 4.72. The summed E-state index contributed by atoms with van der Waals surface area (Å²) in [5, 5.41) is 7.20. The molecular weight excluding hydrogens is 300 g/mol. The zero-order chi connectivity index (χ0) is 15.8. The molecule has 0 aliphatic rings. The van der Waals surface area contributed by atoms with Gasteiger partial charge in [0.05, 0.1) is 6.04 Å². The monoisotopic (exact) mass is 318 g/mol. The van der Waals surface area contributed by atoms with Gasteiger partial charge < -0.3 is 15.4 Å². The first kappa shape index (κ1) is 16.0. The average molecular weight is 318 g/mol. The minimum absolute atomic E-state index is 0.0744. The van der Waals surface area contributed by atoms with Gasteiger partial charge in [-0.1, -0.05) is 36.4 Å². The fourth-order valence-corrected chi connectivity index (χ4v) is 2.56. The Labute approximate surface area is 133 Å². The highest BCUT2D eigenvalue weighted by molar-refractivity contribution is 7.10. The first-order valence-electron chi connectivity index (χ1n) is 6.92. The maximum absolute atomic E-state index is 11.8. The number of carbonyl (C=O) groups excluding carboxylic acids is 2. The van der Waals surface area contributed by atoms with Crippen LogP contribution >= 0.6 is 11.3 Å². The van der Waals surface area contributed by atoms with E-state index in [-0.39, 0.29) is 25.1 Å². The van der Waals surface area contributed by atoms with Crippen molar-refractivity contribution in [3.05, 3.63) is 58.3 Å². The highest BCUT2D eigenvalue weighted by atomic mass is 32.1. The van der Waals surface area contributed by atoms with Crippen molar-refractivity contribution in [2.45, 2.75) is 19.6 Å². The largest absolute Gasteiger partial charge is 0.445 e. The lowest BCUT2D eigenvalue weighted by Crippen LogP contribution is -2.38. The van der Waals surface area contributed by atoms with Gasteiger partial charge in [0.1, 0.15) is 13.2 Å². The van der Waals surface area contributed by atoms with Crippen molar-refractivity contribution >= 4 is 23.3 Å². The molecule has 2 amide bonds. The first-order valence-corrected chi connectivity index (χ1v) is 7.80. The molecule has 0 unspecified atom stereocenters. The molecule has 2 rings (SSSR count). The van der Waals surface area contributed by atoms with E-state index in [0.29, 0.717) is 0 Å². The Balaban J connectivity index is 1.66. The fourth-order valence-electron chi connectivity index (χ4n) is 1.83. The van der Waals surface area contributed by atoms with Crippen LogP contribution in [0.5, 0.6) is 0 Å². The number of ether oxygens (including phenoxy) is 1. The molecule has 116 valence electrons. The Bertz CT molecular complexity index is 599. The summed E-state index contributed by atoms with van der Waals surface area (Å²) in [6, 6.07) is 13.2. The molecule has 0 bridgehead atoms. The third-order valence-electron chi connectivity index (χ3n) is 2.95. The predicted octanol–water partition coefficient (Wildman–Crippen LogP) is 2.85. The van der Waals surface area contributed by atoms with Crippen LogP contribution in [0.25, 0.3) is 0 Å². The van der Waals surface area contributed by atoms with Gasteiger partial charge in [-0.2, -0.15) is 0 Å². The normalized spacial score (nSPS) is 11.5. The highest BCUT2D eigenvalue weighted by Gasteiger charge is 2.11. The lowest BCUT2D eigenvalue weighted by atomic mass is 10.2. The Morgan fingerprint density at radius 1 is 1.18 bits per heavy atom. The summed E-state index contributed by atoms with van der Waals surface area (Å²) in [5.41, 5.74) is 0.897. The van der Waals surface area contributed by atoms with Crippen molar-refractivity contribution < 1.29 is 14.3 Å². The van der Waals surface area contributed by atoms with Crippen molar-refractivity contribution in [1.29, 1.82) is 0 Å². The van der Waals surface area contributed by atoms with Crippen LogP contribution in [0.3, 0.4) is 0 Å². The second kappa shape index (κ2) is 8.19. The SMILES string of the molecule is C[C@@H](NC(=O)CNC(=O)OCc1ccccc1)c1cccs1. The Morgan fingerprint density at radius 2 is 1.95 bits per heavy atom. The van der Waals surface area contributed by atoms with Crippen molar-refractivity contribution in [3.63, 3.8) is 0 Å². The van der Waals surface area contributed by atoms with Crippen molar-refractivity contribution in [1.82, 2.24) is 10.6 Å². The van der Waals surface area contributed by atoms with Gasteiger partial charge in [0.15, 0.2) is 0 Å². The Kier molecular flexibility index (Phi) is 5.97. The number of hydrogen-bond donors (Lipinski definition) is 2. The van der Waals surface area contributed by atoms with Crippen LogP contribution in [0.15, 0.2) is 47.8 Å². The van der Waals surface area contributed by atoms with E-state index >= 15 is 0 Å². The van der Waals surface area contributed by atoms with Gasteiger partial charge in [-0.3, -0.25) is 4.79 Å². The van der Waals surface area contributed by atoms with Crippen LogP contribution in [0.2, 0.25) is 0 Å². The van der Waals surface area contributed by atoms with E-state index in [0.717, 1.165) is 10.4 Å². The van der Waals surface area contributed by atoms with E-state index in [1.165, 1.54) is 0 Å². The van der Waals surface area contributed by atoms with Gasteiger partial charge in [0, 0.05) is 4.88 Å². The number of thiophene rings is 1. The summed E-state index contributed by atoms with van der Waals surface area (Å²) >= 11 is 1.58. The number of nitrogens with one attached hydrogen (secondary N) is 2. The van der Waals surface area contributed by atoms with Gasteiger partial charge in [-0.25, -0.2) is 4.79 Å². The maximum atomic E-state index is 11.8. The highest BCUT2D eigenvalue weighted by Crippen LogP contribution is 2.17. The molecule has 0 spiro atoms. The summed E-state index contributed by atoms with van der Waals surface area (Å²) < 4.78 is 5.03. The minimum atomic E-state index is -0.609. The topological polar surface area (TPSA) is 67.4 Å². The lowest BCUT2D eigenvalue weighted by molar-refractivity contribution is -0.120. The van der Waals surface area contributed by atoms with Crippen LogP contribution in [0, 0.1) is 0 Å². The zero-order valence-electron chi connectivity index (χ0n) is 12.2. The average Bonchev–Trinajstić information content (AvgIpc) is 3.06. The molecule has 0 aliphatic carbocycles. The maximum Gasteiger partial charge on any atom is 0.407 e. The van der Waals surface area contributed by atoms with Crippen LogP contribution in [-0.2, 0) is 16.1 Å². The van der Waals surface area contributed by atoms with E-state index in [2.05, 4.69) is 10.6 Å². The van der Waals surface area contributed by atoms with Crippen molar-refractivity contribution in [3.8, 4) is 0 Å². The second-order valence-corrected chi connectivity index (χ2v) is 5.70. The minimum Gasteiger partial charge on any atom is -0.445 e. The van der Waals surface area contributed by atoms with Gasteiger partial charge in [-0.15, -0.1) is 11.3 Å². The van der Waals surface area contributed by atoms with E-state index in [1.807, 2.05) is 54.8 Å². The molecule has 1 aromatic carbocycles.